The first kappa shape index (κ1) is 17.5. The Kier molecular flexibility index (Phi) is 4.90. The average Bonchev–Trinajstić information content (AvgIpc) is 3.07. The Morgan fingerprint density at radius 3 is 2.77 bits per heavy atom. The number of nitro groups is 1. The minimum atomic E-state index is -0.654. The highest BCUT2D eigenvalue weighted by Crippen LogP contribution is 2.25. The summed E-state index contributed by atoms with van der Waals surface area (Å²) in [5, 5.41) is 13.0. The van der Waals surface area contributed by atoms with Gasteiger partial charge < -0.3 is 4.57 Å². The summed E-state index contributed by atoms with van der Waals surface area (Å²) in [5.41, 5.74) is 1.52. The third-order valence-electron chi connectivity index (χ3n) is 3.76. The molecule has 2 aromatic heterocycles. The average molecular weight is 370 g/mol. The Hall–Kier alpha value is -3.33. The summed E-state index contributed by atoms with van der Waals surface area (Å²) in [7, 11) is 0. The van der Waals surface area contributed by atoms with Crippen molar-refractivity contribution in [1.82, 2.24) is 9.55 Å². The van der Waals surface area contributed by atoms with Crippen LogP contribution in [-0.2, 0) is 6.54 Å². The summed E-state index contributed by atoms with van der Waals surface area (Å²) in [4.78, 5) is 38.8. The molecule has 1 N–H and O–H groups in total. The molecule has 0 radical (unpaired) electrons. The standard InChI is InChI=1S/C17H14N4O4S/c1-11-5-2-3-6-12(11)10-20-8-4-7-13(16(20)23)15(22)19-17-18-9-14(26-17)21(24)25/h2-9H,10H2,1H3,(H,18,19,22). The normalized spacial score (nSPS) is 10.5. The number of amides is 1. The Morgan fingerprint density at radius 2 is 2.08 bits per heavy atom. The van der Waals surface area contributed by atoms with Crippen molar-refractivity contribution in [2.24, 2.45) is 0 Å². The minimum Gasteiger partial charge on any atom is -0.310 e. The number of aromatic nitrogens is 2. The molecular formula is C17H14N4O4S. The lowest BCUT2D eigenvalue weighted by Crippen LogP contribution is -2.29. The van der Waals surface area contributed by atoms with Gasteiger partial charge in [0.1, 0.15) is 11.8 Å². The molecule has 0 bridgehead atoms. The van der Waals surface area contributed by atoms with Gasteiger partial charge in [-0.15, -0.1) is 0 Å². The number of carbonyl (C=O) groups excluding carboxylic acids is 1. The first-order valence-corrected chi connectivity index (χ1v) is 8.43. The largest absolute Gasteiger partial charge is 0.345 e. The van der Waals surface area contributed by atoms with Gasteiger partial charge in [0.05, 0.1) is 11.5 Å². The van der Waals surface area contributed by atoms with Crippen molar-refractivity contribution in [3.05, 3.63) is 86.0 Å². The van der Waals surface area contributed by atoms with E-state index in [2.05, 4.69) is 10.3 Å². The number of nitrogens with one attached hydrogen (secondary N) is 1. The zero-order valence-corrected chi connectivity index (χ0v) is 14.5. The smallest absolute Gasteiger partial charge is 0.310 e. The highest BCUT2D eigenvalue weighted by molar-refractivity contribution is 7.18. The first-order valence-electron chi connectivity index (χ1n) is 7.61. The third-order valence-corrected chi connectivity index (χ3v) is 4.63. The quantitative estimate of drug-likeness (QED) is 0.549. The van der Waals surface area contributed by atoms with Crippen molar-refractivity contribution >= 4 is 27.4 Å². The summed E-state index contributed by atoms with van der Waals surface area (Å²) in [6.07, 6.45) is 2.67. The molecule has 0 aliphatic carbocycles. The monoisotopic (exact) mass is 370 g/mol. The second kappa shape index (κ2) is 7.28. The van der Waals surface area contributed by atoms with E-state index in [0.29, 0.717) is 6.54 Å². The number of hydrogen-bond donors (Lipinski definition) is 1. The molecular weight excluding hydrogens is 356 g/mol. The molecule has 0 unspecified atom stereocenters. The van der Waals surface area contributed by atoms with Gasteiger partial charge in [0.2, 0.25) is 0 Å². The van der Waals surface area contributed by atoms with Crippen molar-refractivity contribution in [2.45, 2.75) is 13.5 Å². The maximum Gasteiger partial charge on any atom is 0.345 e. The lowest BCUT2D eigenvalue weighted by Gasteiger charge is -2.10. The maximum atomic E-state index is 12.6. The second-order valence-electron chi connectivity index (χ2n) is 5.50. The number of thiazole rings is 1. The topological polar surface area (TPSA) is 107 Å². The minimum absolute atomic E-state index is 0.0565. The van der Waals surface area contributed by atoms with Gasteiger partial charge >= 0.3 is 5.00 Å². The highest BCUT2D eigenvalue weighted by Gasteiger charge is 2.17. The maximum absolute atomic E-state index is 12.6. The summed E-state index contributed by atoms with van der Waals surface area (Å²) in [6, 6.07) is 10.7. The van der Waals surface area contributed by atoms with Crippen LogP contribution >= 0.6 is 11.3 Å². The molecule has 2 heterocycles. The molecule has 1 amide bonds. The molecule has 132 valence electrons. The van der Waals surface area contributed by atoms with Crippen LogP contribution in [0.4, 0.5) is 10.1 Å². The molecule has 0 fully saturated rings. The third kappa shape index (κ3) is 3.67. The van der Waals surface area contributed by atoms with Crippen molar-refractivity contribution in [2.75, 3.05) is 5.32 Å². The van der Waals surface area contributed by atoms with Crippen LogP contribution in [0.3, 0.4) is 0 Å². The van der Waals surface area contributed by atoms with E-state index in [1.54, 1.807) is 12.3 Å². The van der Waals surface area contributed by atoms with Crippen LogP contribution in [0.15, 0.2) is 53.6 Å². The number of carbonyl (C=O) groups is 1. The number of nitrogens with zero attached hydrogens (tertiary/aromatic N) is 3. The van der Waals surface area contributed by atoms with Crippen LogP contribution in [0.1, 0.15) is 21.5 Å². The highest BCUT2D eigenvalue weighted by atomic mass is 32.1. The predicted molar refractivity (Wildman–Crippen MR) is 97.7 cm³/mol. The van der Waals surface area contributed by atoms with Gasteiger partial charge in [-0.05, 0) is 41.5 Å². The molecule has 3 rings (SSSR count). The Morgan fingerprint density at radius 1 is 1.31 bits per heavy atom. The van der Waals surface area contributed by atoms with E-state index in [1.807, 2.05) is 31.2 Å². The van der Waals surface area contributed by atoms with Crippen molar-refractivity contribution in [3.8, 4) is 0 Å². The molecule has 0 aliphatic rings. The SMILES string of the molecule is Cc1ccccc1Cn1cccc(C(=O)Nc2ncc([N+](=O)[O-])s2)c1=O. The number of aryl methyl sites for hydroxylation is 1. The summed E-state index contributed by atoms with van der Waals surface area (Å²) in [5.74, 6) is -0.654. The van der Waals surface area contributed by atoms with Crippen LogP contribution in [0, 0.1) is 17.0 Å². The molecule has 0 aliphatic heterocycles. The lowest BCUT2D eigenvalue weighted by molar-refractivity contribution is -0.380. The molecule has 0 saturated heterocycles. The summed E-state index contributed by atoms with van der Waals surface area (Å²) < 4.78 is 1.45. The van der Waals surface area contributed by atoms with Gasteiger partial charge in [0.25, 0.3) is 11.5 Å². The fraction of sp³-hybridized carbons (Fsp3) is 0.118. The van der Waals surface area contributed by atoms with Gasteiger partial charge in [0.15, 0.2) is 5.13 Å². The molecule has 0 atom stereocenters. The predicted octanol–water partition coefficient (Wildman–Crippen LogP) is 2.82. The van der Waals surface area contributed by atoms with Gasteiger partial charge in [-0.25, -0.2) is 4.98 Å². The molecule has 26 heavy (non-hydrogen) atoms. The van der Waals surface area contributed by atoms with Gasteiger partial charge in [-0.1, -0.05) is 24.3 Å². The van der Waals surface area contributed by atoms with Gasteiger partial charge in [-0.3, -0.25) is 25.0 Å². The lowest BCUT2D eigenvalue weighted by atomic mass is 10.1. The molecule has 3 aromatic rings. The number of benzene rings is 1. The zero-order valence-electron chi connectivity index (χ0n) is 13.7. The first-order chi connectivity index (χ1) is 12.5. The number of pyridine rings is 1. The molecule has 9 heteroatoms. The van der Waals surface area contributed by atoms with E-state index < -0.39 is 16.4 Å². The van der Waals surface area contributed by atoms with Crippen molar-refractivity contribution in [1.29, 1.82) is 0 Å². The molecule has 0 saturated carbocycles. The Labute approximate surface area is 151 Å². The van der Waals surface area contributed by atoms with Crippen molar-refractivity contribution in [3.63, 3.8) is 0 Å². The molecule has 1 aromatic carbocycles. The Bertz CT molecular complexity index is 1040. The van der Waals surface area contributed by atoms with Crippen LogP contribution in [0.2, 0.25) is 0 Å². The van der Waals surface area contributed by atoms with E-state index in [9.17, 15) is 19.7 Å². The number of rotatable bonds is 5. The van der Waals surface area contributed by atoms with Crippen LogP contribution < -0.4 is 10.9 Å². The van der Waals surface area contributed by atoms with Crippen LogP contribution in [0.25, 0.3) is 0 Å². The van der Waals surface area contributed by atoms with E-state index in [0.717, 1.165) is 28.7 Å². The zero-order chi connectivity index (χ0) is 18.7. The summed E-state index contributed by atoms with van der Waals surface area (Å²) >= 11 is 0.728. The van der Waals surface area contributed by atoms with E-state index in [1.165, 1.54) is 10.6 Å². The van der Waals surface area contributed by atoms with Crippen molar-refractivity contribution < 1.29 is 9.72 Å². The van der Waals surface area contributed by atoms with Crippen LogP contribution in [0.5, 0.6) is 0 Å². The molecule has 8 nitrogen and oxygen atoms in total. The van der Waals surface area contributed by atoms with E-state index >= 15 is 0 Å². The Balaban J connectivity index is 1.84. The second-order valence-corrected chi connectivity index (χ2v) is 6.51. The van der Waals surface area contributed by atoms with Crippen LogP contribution in [-0.4, -0.2) is 20.4 Å². The number of hydrogen-bond acceptors (Lipinski definition) is 6. The fourth-order valence-corrected chi connectivity index (χ4v) is 3.00. The van der Waals surface area contributed by atoms with Gasteiger partial charge in [0, 0.05) is 6.20 Å². The van der Waals surface area contributed by atoms with E-state index in [4.69, 9.17) is 0 Å². The number of anilines is 1. The summed E-state index contributed by atoms with van der Waals surface area (Å²) in [6.45, 7) is 2.29. The van der Waals surface area contributed by atoms with Gasteiger partial charge in [-0.2, -0.15) is 0 Å². The van der Waals surface area contributed by atoms with E-state index in [-0.39, 0.29) is 15.7 Å². The fourth-order valence-electron chi connectivity index (χ4n) is 2.38. The molecule has 0 spiro atoms.